The number of hydrogen-bond acceptors (Lipinski definition) is 3. The molecule has 2 aromatic rings. The average Bonchev–Trinajstić information content (AvgIpc) is 2.93. The van der Waals surface area contributed by atoms with Crippen molar-refractivity contribution in [2.24, 2.45) is 17.1 Å². The lowest BCUT2D eigenvalue weighted by Gasteiger charge is -2.33. The number of hydrogen-bond donors (Lipinski definition) is 2. The van der Waals surface area contributed by atoms with Gasteiger partial charge in [0, 0.05) is 9.90 Å². The fraction of sp³-hybridized carbons (Fsp3) is 0.429. The Morgan fingerprint density at radius 3 is 2.52 bits per heavy atom. The minimum Gasteiger partial charge on any atom is -0.365 e. The SMILES string of the molecule is CC(C)(C)[C@H]1CCc2c(sc(NC(=O)Cc3ccc(Cl)cc3)c2C(N)=O)C1. The summed E-state index contributed by atoms with van der Waals surface area (Å²) in [7, 11) is 0. The van der Waals surface area contributed by atoms with E-state index in [9.17, 15) is 9.59 Å². The van der Waals surface area contributed by atoms with Gasteiger partial charge in [-0.15, -0.1) is 11.3 Å². The number of halogens is 1. The monoisotopic (exact) mass is 404 g/mol. The van der Waals surface area contributed by atoms with E-state index in [1.807, 2.05) is 12.1 Å². The maximum atomic E-state index is 12.5. The van der Waals surface area contributed by atoms with E-state index in [0.717, 1.165) is 30.4 Å². The summed E-state index contributed by atoms with van der Waals surface area (Å²) in [4.78, 5) is 25.7. The van der Waals surface area contributed by atoms with Crippen LogP contribution in [0.4, 0.5) is 5.00 Å². The highest BCUT2D eigenvalue weighted by molar-refractivity contribution is 7.17. The van der Waals surface area contributed by atoms with Crippen molar-refractivity contribution in [3.05, 3.63) is 50.9 Å². The van der Waals surface area contributed by atoms with E-state index in [1.165, 1.54) is 16.2 Å². The molecule has 1 aliphatic carbocycles. The predicted molar refractivity (Wildman–Crippen MR) is 112 cm³/mol. The van der Waals surface area contributed by atoms with Gasteiger partial charge in [-0.3, -0.25) is 9.59 Å². The molecule has 0 spiro atoms. The molecule has 3 rings (SSSR count). The predicted octanol–water partition coefficient (Wildman–Crippen LogP) is 4.83. The second-order valence-electron chi connectivity index (χ2n) is 8.23. The number of carbonyl (C=O) groups is 2. The first-order chi connectivity index (χ1) is 12.6. The number of rotatable bonds is 4. The Kier molecular flexibility index (Phi) is 5.63. The second-order valence-corrected chi connectivity index (χ2v) is 9.77. The Balaban J connectivity index is 1.81. The second kappa shape index (κ2) is 7.64. The number of thiophene rings is 1. The first-order valence-corrected chi connectivity index (χ1v) is 10.3. The molecule has 1 heterocycles. The zero-order chi connectivity index (χ0) is 19.8. The number of amides is 2. The summed E-state index contributed by atoms with van der Waals surface area (Å²) >= 11 is 7.38. The summed E-state index contributed by atoms with van der Waals surface area (Å²) in [6.07, 6.45) is 3.02. The van der Waals surface area contributed by atoms with E-state index in [0.29, 0.717) is 21.5 Å². The first-order valence-electron chi connectivity index (χ1n) is 9.13. The molecule has 0 aliphatic heterocycles. The van der Waals surface area contributed by atoms with Crippen LogP contribution in [0, 0.1) is 11.3 Å². The van der Waals surface area contributed by atoms with Gasteiger partial charge in [0.15, 0.2) is 0 Å². The Morgan fingerprint density at radius 2 is 1.93 bits per heavy atom. The Hall–Kier alpha value is -1.85. The highest BCUT2D eigenvalue weighted by Gasteiger charge is 2.33. The van der Waals surface area contributed by atoms with Gasteiger partial charge in [-0.25, -0.2) is 0 Å². The number of fused-ring (bicyclic) bond motifs is 1. The summed E-state index contributed by atoms with van der Waals surface area (Å²) in [5.74, 6) is -0.0729. The first kappa shape index (κ1) is 19.9. The molecule has 1 aliphatic rings. The van der Waals surface area contributed by atoms with E-state index in [2.05, 4.69) is 26.1 Å². The third-order valence-electron chi connectivity index (χ3n) is 5.27. The summed E-state index contributed by atoms with van der Waals surface area (Å²) in [5.41, 5.74) is 8.25. The molecule has 4 nitrogen and oxygen atoms in total. The van der Waals surface area contributed by atoms with E-state index in [4.69, 9.17) is 17.3 Å². The summed E-state index contributed by atoms with van der Waals surface area (Å²) < 4.78 is 0. The van der Waals surface area contributed by atoms with Crippen LogP contribution in [0.15, 0.2) is 24.3 Å². The zero-order valence-corrected chi connectivity index (χ0v) is 17.5. The van der Waals surface area contributed by atoms with Crippen LogP contribution >= 0.6 is 22.9 Å². The standard InChI is InChI=1S/C21H25ClN2O2S/c1-21(2,3)13-6-9-15-16(11-13)27-20(18(15)19(23)26)24-17(25)10-12-4-7-14(22)8-5-12/h4-5,7-8,13H,6,9-11H2,1-3H3,(H2,23,26)(H,24,25)/t13-/m0/s1. The quantitative estimate of drug-likeness (QED) is 0.765. The van der Waals surface area contributed by atoms with Crippen LogP contribution in [0.5, 0.6) is 0 Å². The van der Waals surface area contributed by atoms with Crippen molar-refractivity contribution in [2.45, 2.75) is 46.5 Å². The number of nitrogens with one attached hydrogen (secondary N) is 1. The van der Waals surface area contributed by atoms with Gasteiger partial charge in [-0.2, -0.15) is 0 Å². The van der Waals surface area contributed by atoms with Gasteiger partial charge in [0.1, 0.15) is 5.00 Å². The van der Waals surface area contributed by atoms with E-state index >= 15 is 0 Å². The fourth-order valence-corrected chi connectivity index (χ4v) is 5.11. The van der Waals surface area contributed by atoms with Gasteiger partial charge >= 0.3 is 0 Å². The van der Waals surface area contributed by atoms with Crippen molar-refractivity contribution in [2.75, 3.05) is 5.32 Å². The molecule has 0 unspecified atom stereocenters. The fourth-order valence-electron chi connectivity index (χ4n) is 3.63. The third-order valence-corrected chi connectivity index (χ3v) is 6.69. The van der Waals surface area contributed by atoms with Crippen LogP contribution < -0.4 is 11.1 Å². The minimum atomic E-state index is -0.469. The van der Waals surface area contributed by atoms with Gasteiger partial charge in [0.05, 0.1) is 12.0 Å². The molecule has 1 atom stereocenters. The normalized spacial score (nSPS) is 16.7. The van der Waals surface area contributed by atoms with Gasteiger partial charge in [-0.05, 0) is 53.9 Å². The highest BCUT2D eigenvalue weighted by Crippen LogP contribution is 2.44. The Morgan fingerprint density at radius 1 is 1.26 bits per heavy atom. The number of benzene rings is 1. The van der Waals surface area contributed by atoms with Gasteiger partial charge in [-0.1, -0.05) is 44.5 Å². The zero-order valence-electron chi connectivity index (χ0n) is 15.9. The van der Waals surface area contributed by atoms with E-state index < -0.39 is 5.91 Å². The molecule has 0 bridgehead atoms. The van der Waals surface area contributed by atoms with Gasteiger partial charge < -0.3 is 11.1 Å². The Labute approximate surface area is 169 Å². The topological polar surface area (TPSA) is 72.2 Å². The van der Waals surface area contributed by atoms with Crippen molar-refractivity contribution in [3.63, 3.8) is 0 Å². The molecule has 2 amide bonds. The van der Waals surface area contributed by atoms with Crippen LogP contribution in [0.25, 0.3) is 0 Å². The average molecular weight is 405 g/mol. The number of nitrogens with two attached hydrogens (primary N) is 1. The minimum absolute atomic E-state index is 0.161. The maximum Gasteiger partial charge on any atom is 0.251 e. The van der Waals surface area contributed by atoms with Crippen LogP contribution in [-0.4, -0.2) is 11.8 Å². The Bertz CT molecular complexity index is 866. The molecule has 6 heteroatoms. The summed E-state index contributed by atoms with van der Waals surface area (Å²) in [6, 6.07) is 7.17. The molecular formula is C21H25ClN2O2S. The number of primary amides is 1. The van der Waals surface area contributed by atoms with E-state index in [1.54, 1.807) is 12.1 Å². The molecule has 1 aromatic carbocycles. The maximum absolute atomic E-state index is 12.5. The lowest BCUT2D eigenvalue weighted by atomic mass is 9.72. The molecule has 0 saturated heterocycles. The van der Waals surface area contributed by atoms with Crippen LogP contribution in [0.2, 0.25) is 5.02 Å². The van der Waals surface area contributed by atoms with Gasteiger partial charge in [0.25, 0.3) is 5.91 Å². The number of carbonyl (C=O) groups excluding carboxylic acids is 2. The van der Waals surface area contributed by atoms with E-state index in [-0.39, 0.29) is 17.7 Å². The lowest BCUT2D eigenvalue weighted by molar-refractivity contribution is -0.115. The van der Waals surface area contributed by atoms with Crippen molar-refractivity contribution in [1.29, 1.82) is 0 Å². The summed E-state index contributed by atoms with van der Waals surface area (Å²) in [6.45, 7) is 6.75. The third kappa shape index (κ3) is 4.53. The highest BCUT2D eigenvalue weighted by atomic mass is 35.5. The van der Waals surface area contributed by atoms with Crippen LogP contribution in [-0.2, 0) is 24.1 Å². The smallest absolute Gasteiger partial charge is 0.251 e. The molecule has 3 N–H and O–H groups in total. The van der Waals surface area contributed by atoms with Crippen LogP contribution in [0.3, 0.4) is 0 Å². The lowest BCUT2D eigenvalue weighted by Crippen LogP contribution is -2.27. The van der Waals surface area contributed by atoms with Crippen molar-refractivity contribution < 1.29 is 9.59 Å². The summed E-state index contributed by atoms with van der Waals surface area (Å²) in [5, 5.41) is 4.13. The molecule has 27 heavy (non-hydrogen) atoms. The molecule has 144 valence electrons. The molecule has 0 saturated carbocycles. The van der Waals surface area contributed by atoms with Crippen molar-refractivity contribution >= 4 is 39.8 Å². The van der Waals surface area contributed by atoms with Crippen molar-refractivity contribution in [3.8, 4) is 0 Å². The molecule has 0 radical (unpaired) electrons. The molecule has 0 fully saturated rings. The number of anilines is 1. The largest absolute Gasteiger partial charge is 0.365 e. The van der Waals surface area contributed by atoms with Crippen LogP contribution in [0.1, 0.15) is 53.6 Å². The molecule has 1 aromatic heterocycles. The van der Waals surface area contributed by atoms with Crippen molar-refractivity contribution in [1.82, 2.24) is 0 Å². The van der Waals surface area contributed by atoms with Gasteiger partial charge in [0.2, 0.25) is 5.91 Å². The molecular weight excluding hydrogens is 380 g/mol.